The maximum atomic E-state index is 11.8. The summed E-state index contributed by atoms with van der Waals surface area (Å²) in [5, 5.41) is 8.91. The van der Waals surface area contributed by atoms with E-state index in [-0.39, 0.29) is 13.2 Å². The summed E-state index contributed by atoms with van der Waals surface area (Å²) in [5.41, 5.74) is 0. The molecule has 0 saturated carbocycles. The van der Waals surface area contributed by atoms with Gasteiger partial charge in [-0.2, -0.15) is 13.2 Å². The summed E-state index contributed by atoms with van der Waals surface area (Å²) < 4.78 is 40.1. The highest BCUT2D eigenvalue weighted by atomic mass is 19.4. The smallest absolute Gasteiger partial charge is 0.396 e. The van der Waals surface area contributed by atoms with Crippen molar-refractivity contribution in [2.45, 2.75) is 37.9 Å². The molecule has 6 heteroatoms. The topological polar surface area (TPSA) is 32.7 Å². The number of aliphatic hydroxyl groups is 1. The minimum Gasteiger partial charge on any atom is -0.396 e. The molecule has 17 heavy (non-hydrogen) atoms. The highest BCUT2D eigenvalue weighted by Gasteiger charge is 2.28. The molecule has 1 aliphatic heterocycles. The number of piperidine rings is 1. The molecular weight excluding hydrogens is 235 g/mol. The molecule has 0 spiro atoms. The summed E-state index contributed by atoms with van der Waals surface area (Å²) in [4.78, 5) is 2.12. The maximum Gasteiger partial charge on any atom is 0.411 e. The molecular formula is C11H20F3NO2. The van der Waals surface area contributed by atoms with Gasteiger partial charge in [0, 0.05) is 19.2 Å². The first-order valence-electron chi connectivity index (χ1n) is 6.02. The largest absolute Gasteiger partial charge is 0.411 e. The minimum atomic E-state index is -4.24. The van der Waals surface area contributed by atoms with Gasteiger partial charge in [0.25, 0.3) is 0 Å². The van der Waals surface area contributed by atoms with Gasteiger partial charge in [0.1, 0.15) is 6.61 Å². The van der Waals surface area contributed by atoms with Crippen LogP contribution in [-0.2, 0) is 4.74 Å². The Morgan fingerprint density at radius 3 is 2.71 bits per heavy atom. The van der Waals surface area contributed by atoms with E-state index in [1.54, 1.807) is 0 Å². The summed E-state index contributed by atoms with van der Waals surface area (Å²) in [6, 6.07) is 0.295. The van der Waals surface area contributed by atoms with E-state index >= 15 is 0 Å². The van der Waals surface area contributed by atoms with Crippen molar-refractivity contribution in [1.29, 1.82) is 0 Å². The fraction of sp³-hybridized carbons (Fsp3) is 1.00. The number of hydrogen-bond acceptors (Lipinski definition) is 3. The Labute approximate surface area is 99.5 Å². The number of aliphatic hydroxyl groups excluding tert-OH is 1. The zero-order chi connectivity index (χ0) is 12.7. The number of hydrogen-bond donors (Lipinski definition) is 1. The van der Waals surface area contributed by atoms with Crippen molar-refractivity contribution in [1.82, 2.24) is 4.90 Å². The van der Waals surface area contributed by atoms with E-state index in [1.807, 2.05) is 0 Å². The third-order valence-corrected chi connectivity index (χ3v) is 3.00. The predicted molar refractivity (Wildman–Crippen MR) is 57.8 cm³/mol. The van der Waals surface area contributed by atoms with E-state index in [4.69, 9.17) is 5.11 Å². The molecule has 3 nitrogen and oxygen atoms in total. The minimum absolute atomic E-state index is 0.0986. The normalized spacial score (nSPS) is 22.9. The second-order valence-electron chi connectivity index (χ2n) is 4.37. The first-order chi connectivity index (χ1) is 8.03. The molecule has 1 unspecified atom stereocenters. The van der Waals surface area contributed by atoms with E-state index in [2.05, 4.69) is 9.64 Å². The summed E-state index contributed by atoms with van der Waals surface area (Å²) >= 11 is 0. The Morgan fingerprint density at radius 1 is 1.29 bits per heavy atom. The van der Waals surface area contributed by atoms with Crippen molar-refractivity contribution in [3.63, 3.8) is 0 Å². The zero-order valence-corrected chi connectivity index (χ0v) is 9.88. The number of nitrogens with zero attached hydrogens (tertiary/aromatic N) is 1. The summed E-state index contributed by atoms with van der Waals surface area (Å²) in [7, 11) is 0. The first-order valence-corrected chi connectivity index (χ1v) is 6.02. The second kappa shape index (κ2) is 7.18. The maximum absolute atomic E-state index is 11.8. The van der Waals surface area contributed by atoms with Crippen molar-refractivity contribution in [2.75, 3.05) is 32.9 Å². The van der Waals surface area contributed by atoms with Crippen LogP contribution in [0.1, 0.15) is 25.7 Å². The van der Waals surface area contributed by atoms with Crippen LogP contribution < -0.4 is 0 Å². The Kier molecular flexibility index (Phi) is 6.22. The van der Waals surface area contributed by atoms with Crippen LogP contribution in [0.15, 0.2) is 0 Å². The Hall–Kier alpha value is -0.330. The third-order valence-electron chi connectivity index (χ3n) is 3.00. The lowest BCUT2D eigenvalue weighted by atomic mass is 10.00. The summed E-state index contributed by atoms with van der Waals surface area (Å²) in [6.07, 6.45) is -0.336. The highest BCUT2D eigenvalue weighted by molar-refractivity contribution is 4.76. The fourth-order valence-electron chi connectivity index (χ4n) is 2.20. The molecule has 0 aromatic heterocycles. The lowest BCUT2D eigenvalue weighted by molar-refractivity contribution is -0.175. The van der Waals surface area contributed by atoms with Crippen LogP contribution in [0.25, 0.3) is 0 Å². The van der Waals surface area contributed by atoms with Crippen LogP contribution in [-0.4, -0.2) is 55.1 Å². The Balaban J connectivity index is 2.19. The van der Waals surface area contributed by atoms with E-state index in [1.165, 1.54) is 0 Å². The van der Waals surface area contributed by atoms with Gasteiger partial charge in [-0.25, -0.2) is 0 Å². The van der Waals surface area contributed by atoms with Gasteiger partial charge in [0.05, 0.1) is 6.61 Å². The van der Waals surface area contributed by atoms with Crippen LogP contribution >= 0.6 is 0 Å². The standard InChI is InChI=1S/C11H20F3NO2/c12-11(13,14)9-17-8-6-15-5-2-1-3-10(15)4-7-16/h10,16H,1-9H2. The van der Waals surface area contributed by atoms with Gasteiger partial charge < -0.3 is 9.84 Å². The van der Waals surface area contributed by atoms with Crippen LogP contribution in [0.5, 0.6) is 0 Å². The van der Waals surface area contributed by atoms with E-state index in [9.17, 15) is 13.2 Å². The average Bonchev–Trinajstić information content (AvgIpc) is 2.25. The SMILES string of the molecule is OCCC1CCCCN1CCOCC(F)(F)F. The Morgan fingerprint density at radius 2 is 2.06 bits per heavy atom. The zero-order valence-electron chi connectivity index (χ0n) is 9.88. The first kappa shape index (κ1) is 14.7. The van der Waals surface area contributed by atoms with Crippen molar-refractivity contribution in [3.05, 3.63) is 0 Å². The van der Waals surface area contributed by atoms with E-state index in [0.717, 1.165) is 25.8 Å². The average molecular weight is 255 g/mol. The predicted octanol–water partition coefficient (Wildman–Crippen LogP) is 1.80. The van der Waals surface area contributed by atoms with Gasteiger partial charge >= 0.3 is 6.18 Å². The second-order valence-corrected chi connectivity index (χ2v) is 4.37. The van der Waals surface area contributed by atoms with Gasteiger partial charge in [-0.3, -0.25) is 4.90 Å². The number of alkyl halides is 3. The molecule has 0 radical (unpaired) electrons. The number of halogens is 3. The summed E-state index contributed by atoms with van der Waals surface area (Å²) in [6.45, 7) is 0.457. The summed E-state index contributed by atoms with van der Waals surface area (Å²) in [5.74, 6) is 0. The van der Waals surface area contributed by atoms with Gasteiger partial charge in [0.2, 0.25) is 0 Å². The fourth-order valence-corrected chi connectivity index (χ4v) is 2.20. The van der Waals surface area contributed by atoms with Gasteiger partial charge in [-0.05, 0) is 25.8 Å². The molecule has 102 valence electrons. The number of ether oxygens (including phenoxy) is 1. The molecule has 1 atom stereocenters. The molecule has 1 rings (SSSR count). The van der Waals surface area contributed by atoms with E-state index < -0.39 is 12.8 Å². The van der Waals surface area contributed by atoms with Crippen molar-refractivity contribution in [3.8, 4) is 0 Å². The quantitative estimate of drug-likeness (QED) is 0.735. The lowest BCUT2D eigenvalue weighted by Crippen LogP contribution is -2.42. The van der Waals surface area contributed by atoms with Crippen molar-refractivity contribution >= 4 is 0 Å². The Bertz CT molecular complexity index is 209. The van der Waals surface area contributed by atoms with E-state index in [0.29, 0.717) is 19.0 Å². The van der Waals surface area contributed by atoms with Crippen molar-refractivity contribution < 1.29 is 23.0 Å². The van der Waals surface area contributed by atoms with Gasteiger partial charge in [-0.15, -0.1) is 0 Å². The highest BCUT2D eigenvalue weighted by Crippen LogP contribution is 2.19. The van der Waals surface area contributed by atoms with Gasteiger partial charge in [-0.1, -0.05) is 6.42 Å². The molecule has 0 amide bonds. The lowest BCUT2D eigenvalue weighted by Gasteiger charge is -2.35. The van der Waals surface area contributed by atoms with Gasteiger partial charge in [0.15, 0.2) is 0 Å². The number of rotatable bonds is 6. The molecule has 0 aliphatic carbocycles. The van der Waals surface area contributed by atoms with Crippen LogP contribution in [0.4, 0.5) is 13.2 Å². The van der Waals surface area contributed by atoms with Crippen LogP contribution in [0.2, 0.25) is 0 Å². The molecule has 1 heterocycles. The van der Waals surface area contributed by atoms with Crippen LogP contribution in [0.3, 0.4) is 0 Å². The molecule has 0 aromatic rings. The monoisotopic (exact) mass is 255 g/mol. The molecule has 1 saturated heterocycles. The molecule has 0 aromatic carbocycles. The molecule has 1 fully saturated rings. The molecule has 1 N–H and O–H groups in total. The molecule has 1 aliphatic rings. The van der Waals surface area contributed by atoms with Crippen molar-refractivity contribution in [2.24, 2.45) is 0 Å². The molecule has 0 bridgehead atoms. The van der Waals surface area contributed by atoms with Crippen LogP contribution in [0, 0.1) is 0 Å². The number of likely N-dealkylation sites (tertiary alicyclic amines) is 1. The third kappa shape index (κ3) is 6.24.